The van der Waals surface area contributed by atoms with Crippen LogP contribution in [0.25, 0.3) is 0 Å². The van der Waals surface area contributed by atoms with Crippen LogP contribution in [0.15, 0.2) is 15.1 Å². The van der Waals surface area contributed by atoms with Gasteiger partial charge in [0, 0.05) is 19.3 Å². The summed E-state index contributed by atoms with van der Waals surface area (Å²) in [5.74, 6) is 2.69. The number of hydrogen-bond donors (Lipinski definition) is 3. The molecule has 3 N–H and O–H groups in total. The maximum absolute atomic E-state index is 11.2. The normalized spacial score (nSPS) is 16.9. The molecule has 0 unspecified atom stereocenters. The van der Waals surface area contributed by atoms with Gasteiger partial charge in [-0.25, -0.2) is 4.98 Å². The number of rotatable bonds is 5. The first-order valence-corrected chi connectivity index (χ1v) is 7.95. The zero-order valence-electron chi connectivity index (χ0n) is 10.1. The third-order valence-electron chi connectivity index (χ3n) is 2.11. The van der Waals surface area contributed by atoms with E-state index in [2.05, 4.69) is 34.6 Å². The van der Waals surface area contributed by atoms with Crippen molar-refractivity contribution in [3.05, 3.63) is 12.2 Å². The molecule has 0 fully saturated rings. The van der Waals surface area contributed by atoms with Crippen molar-refractivity contribution in [2.24, 2.45) is 8.80 Å². The average molecular weight is 303 g/mol. The summed E-state index contributed by atoms with van der Waals surface area (Å²) in [5.41, 5.74) is 0. The predicted octanol–water partition coefficient (Wildman–Crippen LogP) is -1.10. The lowest BCUT2D eigenvalue weighted by molar-refractivity contribution is 0.600. The maximum Gasteiger partial charge on any atom is 0.367 e. The van der Waals surface area contributed by atoms with Gasteiger partial charge in [0.05, 0.1) is 5.75 Å². The number of nitrogens with one attached hydrogen (secondary N) is 3. The van der Waals surface area contributed by atoms with Gasteiger partial charge in [-0.05, 0) is 0 Å². The predicted molar refractivity (Wildman–Crippen MR) is 73.4 cm³/mol. The van der Waals surface area contributed by atoms with E-state index in [0.717, 1.165) is 11.6 Å². The van der Waals surface area contributed by atoms with E-state index in [-0.39, 0.29) is 11.7 Å². The van der Waals surface area contributed by atoms with Crippen molar-refractivity contribution >= 4 is 33.6 Å². The van der Waals surface area contributed by atoms with E-state index >= 15 is 0 Å². The van der Waals surface area contributed by atoms with Gasteiger partial charge in [0.1, 0.15) is 6.33 Å². The molecule has 0 radical (unpaired) electrons. The van der Waals surface area contributed by atoms with Gasteiger partial charge in [0.25, 0.3) is 0 Å². The summed E-state index contributed by atoms with van der Waals surface area (Å²) in [6.45, 7) is 0.574. The first-order chi connectivity index (χ1) is 9.11. The number of nitrogens with zero attached hydrogens (tertiary/aromatic N) is 4. The molecule has 9 nitrogen and oxygen atoms in total. The van der Waals surface area contributed by atoms with Crippen molar-refractivity contribution in [1.29, 1.82) is 0 Å². The Morgan fingerprint density at radius 1 is 1.37 bits per heavy atom. The summed E-state index contributed by atoms with van der Waals surface area (Å²) in [7, 11) is -2.12. The molecule has 1 aromatic heterocycles. The quantitative estimate of drug-likeness (QED) is 0.590. The Balaban J connectivity index is 1.73. The minimum Gasteiger partial charge on any atom is -0.369 e. The van der Waals surface area contributed by atoms with Gasteiger partial charge < -0.3 is 10.6 Å². The third kappa shape index (κ3) is 3.92. The van der Waals surface area contributed by atoms with Crippen molar-refractivity contribution in [3.8, 4) is 0 Å². The second-order valence-electron chi connectivity index (χ2n) is 3.47. The highest BCUT2D eigenvalue weighted by Crippen LogP contribution is 2.07. The van der Waals surface area contributed by atoms with Crippen LogP contribution in [-0.4, -0.2) is 54.6 Å². The minimum atomic E-state index is -3.71. The smallest absolute Gasteiger partial charge is 0.367 e. The summed E-state index contributed by atoms with van der Waals surface area (Å²) in [4.78, 5) is 4.00. The highest BCUT2D eigenvalue weighted by Gasteiger charge is 2.22. The van der Waals surface area contributed by atoms with E-state index in [4.69, 9.17) is 0 Å². The molecule has 1 aromatic rings. The lowest BCUT2D eigenvalue weighted by Crippen LogP contribution is -2.37. The van der Waals surface area contributed by atoms with Crippen molar-refractivity contribution < 1.29 is 8.42 Å². The molecule has 0 saturated heterocycles. The molecule has 0 amide bonds. The molecule has 2 heterocycles. The molecule has 11 heteroatoms. The number of thioether (sulfide) groups is 1. The molecule has 0 atom stereocenters. The average Bonchev–Trinajstić information content (AvgIpc) is 2.96. The maximum atomic E-state index is 11.2. The number of hydrogen-bond acceptors (Lipinski definition) is 7. The van der Waals surface area contributed by atoms with E-state index in [1.807, 2.05) is 0 Å². The third-order valence-corrected chi connectivity index (χ3v) is 3.89. The van der Waals surface area contributed by atoms with Crippen LogP contribution in [0.3, 0.4) is 0 Å². The van der Waals surface area contributed by atoms with Gasteiger partial charge in [-0.2, -0.15) is 25.3 Å². The molecular formula is C8H13N7O2S2. The number of aromatic nitrogens is 3. The standard InChI is InChI=1S/C8H13N7O2S2/c1-9-7-8(15-19(16,17)14-7)10-2-3-18-4-6-11-5-12-13-6/h5H,2-4H2,1H3,(H,9,14)(H,10,15)(H,11,12,13). The summed E-state index contributed by atoms with van der Waals surface area (Å²) < 4.78 is 29.3. The fraction of sp³-hybridized carbons (Fsp3) is 0.500. The van der Waals surface area contributed by atoms with Crippen LogP contribution in [0.4, 0.5) is 0 Å². The van der Waals surface area contributed by atoms with Crippen LogP contribution in [0, 0.1) is 0 Å². The fourth-order valence-corrected chi connectivity index (χ4v) is 2.87. The number of likely N-dealkylation sites (N-methyl/N-ethyl adjacent to an activating group) is 1. The van der Waals surface area contributed by atoms with Crippen LogP contribution in [-0.2, 0) is 16.0 Å². The van der Waals surface area contributed by atoms with Crippen LogP contribution < -0.4 is 10.6 Å². The molecule has 1 aliphatic heterocycles. The van der Waals surface area contributed by atoms with Crippen LogP contribution in [0.2, 0.25) is 0 Å². The van der Waals surface area contributed by atoms with Gasteiger partial charge in [0.2, 0.25) is 0 Å². The molecule has 0 saturated carbocycles. The van der Waals surface area contributed by atoms with E-state index in [1.165, 1.54) is 6.33 Å². The number of aromatic amines is 1. The van der Waals surface area contributed by atoms with Gasteiger partial charge in [-0.1, -0.05) is 0 Å². The Morgan fingerprint density at radius 2 is 2.16 bits per heavy atom. The lowest BCUT2D eigenvalue weighted by atomic mass is 10.5. The number of H-pyrrole nitrogens is 1. The molecule has 0 aromatic carbocycles. The Hall–Kier alpha value is -1.62. The first kappa shape index (κ1) is 13.8. The second kappa shape index (κ2) is 6.02. The van der Waals surface area contributed by atoms with Gasteiger partial charge in [-0.15, -0.1) is 8.80 Å². The van der Waals surface area contributed by atoms with Crippen molar-refractivity contribution in [3.63, 3.8) is 0 Å². The van der Waals surface area contributed by atoms with Crippen LogP contribution in [0.5, 0.6) is 0 Å². The van der Waals surface area contributed by atoms with Crippen molar-refractivity contribution in [2.75, 3.05) is 19.3 Å². The lowest BCUT2D eigenvalue weighted by Gasteiger charge is -2.06. The van der Waals surface area contributed by atoms with E-state index in [1.54, 1.807) is 18.8 Å². The zero-order chi connectivity index (χ0) is 13.7. The van der Waals surface area contributed by atoms with E-state index in [9.17, 15) is 8.42 Å². The monoisotopic (exact) mass is 303 g/mol. The van der Waals surface area contributed by atoms with Gasteiger partial charge >= 0.3 is 10.2 Å². The molecule has 0 bridgehead atoms. The largest absolute Gasteiger partial charge is 0.369 e. The fourth-order valence-electron chi connectivity index (χ4n) is 1.33. The SMILES string of the molecule is CNC1=NS(=O)(=O)N=C1NCCSCc1nc[nH]n1. The van der Waals surface area contributed by atoms with E-state index in [0.29, 0.717) is 12.3 Å². The van der Waals surface area contributed by atoms with Crippen LogP contribution >= 0.6 is 11.8 Å². The van der Waals surface area contributed by atoms with Crippen LogP contribution in [0.1, 0.15) is 5.82 Å². The Kier molecular flexibility index (Phi) is 4.37. The number of amidine groups is 2. The van der Waals surface area contributed by atoms with Crippen molar-refractivity contribution in [1.82, 2.24) is 25.8 Å². The Bertz CT molecular complexity index is 578. The second-order valence-corrected chi connectivity index (χ2v) is 5.84. The molecule has 0 spiro atoms. The molecule has 2 rings (SSSR count). The first-order valence-electron chi connectivity index (χ1n) is 5.40. The summed E-state index contributed by atoms with van der Waals surface area (Å²) >= 11 is 1.63. The summed E-state index contributed by atoms with van der Waals surface area (Å²) in [6.07, 6.45) is 1.53. The Morgan fingerprint density at radius 3 is 2.84 bits per heavy atom. The highest BCUT2D eigenvalue weighted by atomic mass is 32.2. The molecular weight excluding hydrogens is 290 g/mol. The topological polar surface area (TPSA) is 124 Å². The summed E-state index contributed by atoms with van der Waals surface area (Å²) in [5, 5.41) is 12.2. The molecule has 1 aliphatic rings. The van der Waals surface area contributed by atoms with E-state index < -0.39 is 10.2 Å². The molecule has 0 aliphatic carbocycles. The zero-order valence-corrected chi connectivity index (χ0v) is 11.8. The van der Waals surface area contributed by atoms with Gasteiger partial charge in [0.15, 0.2) is 17.5 Å². The highest BCUT2D eigenvalue weighted by molar-refractivity contribution is 7.98. The van der Waals surface area contributed by atoms with Gasteiger partial charge in [-0.3, -0.25) is 5.10 Å². The Labute approximate surface area is 114 Å². The minimum absolute atomic E-state index is 0.235. The molecule has 19 heavy (non-hydrogen) atoms. The summed E-state index contributed by atoms with van der Waals surface area (Å²) in [6, 6.07) is 0. The van der Waals surface area contributed by atoms with Crippen molar-refractivity contribution in [2.45, 2.75) is 5.75 Å². The molecule has 104 valence electrons.